The van der Waals surface area contributed by atoms with Crippen LogP contribution in [0.15, 0.2) is 6.07 Å². The van der Waals surface area contributed by atoms with Crippen molar-refractivity contribution < 1.29 is 4.74 Å². The minimum atomic E-state index is 0.174. The summed E-state index contributed by atoms with van der Waals surface area (Å²) in [6.07, 6.45) is 1.30. The molecule has 1 aliphatic rings. The first-order valence-corrected chi connectivity index (χ1v) is 6.63. The SMILES string of the molecule is CCCNC1c2c(cc(C)c(Cl)c2C)OC1C. The number of halogens is 1. The number of fused-ring (bicyclic) bond motifs is 1. The van der Waals surface area contributed by atoms with Gasteiger partial charge in [-0.05, 0) is 50.9 Å². The first-order valence-electron chi connectivity index (χ1n) is 6.25. The van der Waals surface area contributed by atoms with Crippen molar-refractivity contribution in [3.63, 3.8) is 0 Å². The van der Waals surface area contributed by atoms with E-state index in [-0.39, 0.29) is 12.1 Å². The lowest BCUT2D eigenvalue weighted by molar-refractivity contribution is 0.209. The maximum absolute atomic E-state index is 6.33. The summed E-state index contributed by atoms with van der Waals surface area (Å²) in [5.74, 6) is 0.991. The molecule has 1 aromatic carbocycles. The summed E-state index contributed by atoms with van der Waals surface area (Å²) >= 11 is 6.33. The quantitative estimate of drug-likeness (QED) is 0.885. The molecule has 0 radical (unpaired) electrons. The molecule has 3 heteroatoms. The van der Waals surface area contributed by atoms with E-state index < -0.39 is 0 Å². The molecule has 0 saturated carbocycles. The molecule has 2 nitrogen and oxygen atoms in total. The molecule has 0 spiro atoms. The van der Waals surface area contributed by atoms with Crippen molar-refractivity contribution in [2.24, 2.45) is 0 Å². The highest BCUT2D eigenvalue weighted by Gasteiger charge is 2.33. The highest BCUT2D eigenvalue weighted by atomic mass is 35.5. The van der Waals surface area contributed by atoms with Crippen molar-refractivity contribution in [3.05, 3.63) is 27.8 Å². The van der Waals surface area contributed by atoms with Gasteiger partial charge < -0.3 is 10.1 Å². The van der Waals surface area contributed by atoms with Gasteiger partial charge in [0.15, 0.2) is 0 Å². The van der Waals surface area contributed by atoms with Crippen LogP contribution in [0.4, 0.5) is 0 Å². The number of ether oxygens (including phenoxy) is 1. The average molecular weight is 254 g/mol. The number of hydrogen-bond donors (Lipinski definition) is 1. The lowest BCUT2D eigenvalue weighted by Crippen LogP contribution is -2.29. The van der Waals surface area contributed by atoms with Crippen molar-refractivity contribution in [2.75, 3.05) is 6.54 Å². The van der Waals surface area contributed by atoms with E-state index in [0.29, 0.717) is 0 Å². The van der Waals surface area contributed by atoms with Gasteiger partial charge in [-0.3, -0.25) is 0 Å². The molecule has 0 amide bonds. The van der Waals surface area contributed by atoms with Crippen LogP contribution in [0.1, 0.15) is 43.0 Å². The van der Waals surface area contributed by atoms with E-state index in [2.05, 4.69) is 32.2 Å². The molecule has 94 valence electrons. The third kappa shape index (κ3) is 2.16. The Bertz CT molecular complexity index is 431. The van der Waals surface area contributed by atoms with Gasteiger partial charge in [0.25, 0.3) is 0 Å². The molecular weight excluding hydrogens is 234 g/mol. The topological polar surface area (TPSA) is 21.3 Å². The predicted molar refractivity (Wildman–Crippen MR) is 72.1 cm³/mol. The highest BCUT2D eigenvalue weighted by Crippen LogP contribution is 2.42. The van der Waals surface area contributed by atoms with Crippen LogP contribution in [-0.2, 0) is 0 Å². The third-order valence-electron chi connectivity index (χ3n) is 3.40. The summed E-state index contributed by atoms with van der Waals surface area (Å²) in [6.45, 7) is 9.38. The summed E-state index contributed by atoms with van der Waals surface area (Å²) in [5, 5.41) is 4.41. The molecule has 1 aromatic rings. The molecule has 0 fully saturated rings. The van der Waals surface area contributed by atoms with Crippen molar-refractivity contribution >= 4 is 11.6 Å². The van der Waals surface area contributed by atoms with E-state index in [1.165, 1.54) is 5.56 Å². The van der Waals surface area contributed by atoms with Gasteiger partial charge >= 0.3 is 0 Å². The molecule has 1 heterocycles. The number of rotatable bonds is 3. The monoisotopic (exact) mass is 253 g/mol. The van der Waals surface area contributed by atoms with Gasteiger partial charge in [-0.2, -0.15) is 0 Å². The molecular formula is C14H20ClNO. The molecule has 0 bridgehead atoms. The van der Waals surface area contributed by atoms with Gasteiger partial charge in [0.1, 0.15) is 11.9 Å². The Kier molecular flexibility index (Phi) is 3.64. The molecule has 0 aliphatic carbocycles. The fourth-order valence-electron chi connectivity index (χ4n) is 2.49. The van der Waals surface area contributed by atoms with Crippen molar-refractivity contribution in [3.8, 4) is 5.75 Å². The molecule has 17 heavy (non-hydrogen) atoms. The third-order valence-corrected chi connectivity index (χ3v) is 3.98. The summed E-state index contributed by atoms with van der Waals surface area (Å²) in [5.41, 5.74) is 3.48. The summed E-state index contributed by atoms with van der Waals surface area (Å²) < 4.78 is 5.91. The number of hydrogen-bond acceptors (Lipinski definition) is 2. The Balaban J connectivity index is 2.41. The van der Waals surface area contributed by atoms with Gasteiger partial charge in [0.2, 0.25) is 0 Å². The molecule has 1 N–H and O–H groups in total. The van der Waals surface area contributed by atoms with E-state index in [9.17, 15) is 0 Å². The van der Waals surface area contributed by atoms with Gasteiger partial charge in [-0.1, -0.05) is 18.5 Å². The fourth-order valence-corrected chi connectivity index (χ4v) is 2.65. The number of benzene rings is 1. The standard InChI is InChI=1S/C14H20ClNO/c1-5-6-16-14-10(4)17-11-7-8(2)13(15)9(3)12(11)14/h7,10,14,16H,5-6H2,1-4H3. The molecule has 0 aromatic heterocycles. The molecule has 2 unspecified atom stereocenters. The van der Waals surface area contributed by atoms with E-state index in [1.807, 2.05) is 6.92 Å². The second-order valence-electron chi connectivity index (χ2n) is 4.80. The first-order chi connectivity index (χ1) is 8.06. The Morgan fingerprint density at radius 2 is 2.12 bits per heavy atom. The maximum Gasteiger partial charge on any atom is 0.125 e. The predicted octanol–water partition coefficient (Wildman–Crippen LogP) is 3.78. The van der Waals surface area contributed by atoms with Crippen molar-refractivity contribution in [1.29, 1.82) is 0 Å². The van der Waals surface area contributed by atoms with E-state index in [0.717, 1.165) is 34.9 Å². The lowest BCUT2D eigenvalue weighted by Gasteiger charge is -2.18. The largest absolute Gasteiger partial charge is 0.488 e. The zero-order valence-corrected chi connectivity index (χ0v) is 11.7. The van der Waals surface area contributed by atoms with Gasteiger partial charge in [-0.15, -0.1) is 0 Å². The number of nitrogens with one attached hydrogen (secondary N) is 1. The van der Waals surface area contributed by atoms with Crippen LogP contribution >= 0.6 is 11.6 Å². The van der Waals surface area contributed by atoms with E-state index in [4.69, 9.17) is 16.3 Å². The smallest absolute Gasteiger partial charge is 0.125 e. The molecule has 2 rings (SSSR count). The molecule has 1 aliphatic heterocycles. The molecule has 2 atom stereocenters. The Labute approximate surface area is 108 Å². The van der Waals surface area contributed by atoms with E-state index >= 15 is 0 Å². The fraction of sp³-hybridized carbons (Fsp3) is 0.571. The summed E-state index contributed by atoms with van der Waals surface area (Å²) in [7, 11) is 0. The van der Waals surface area contributed by atoms with Crippen LogP contribution in [0.3, 0.4) is 0 Å². The van der Waals surface area contributed by atoms with Crippen LogP contribution in [0.25, 0.3) is 0 Å². The van der Waals surface area contributed by atoms with Crippen LogP contribution < -0.4 is 10.1 Å². The summed E-state index contributed by atoms with van der Waals surface area (Å²) in [6, 6.07) is 2.32. The highest BCUT2D eigenvalue weighted by molar-refractivity contribution is 6.32. The summed E-state index contributed by atoms with van der Waals surface area (Å²) in [4.78, 5) is 0. The van der Waals surface area contributed by atoms with Crippen molar-refractivity contribution in [1.82, 2.24) is 5.32 Å². The molecule has 0 saturated heterocycles. The van der Waals surface area contributed by atoms with Gasteiger partial charge in [0, 0.05) is 10.6 Å². The Hall–Kier alpha value is -0.730. The van der Waals surface area contributed by atoms with Gasteiger partial charge in [0.05, 0.1) is 6.04 Å². The Morgan fingerprint density at radius 3 is 2.76 bits per heavy atom. The van der Waals surface area contributed by atoms with E-state index in [1.54, 1.807) is 0 Å². The van der Waals surface area contributed by atoms with Crippen molar-refractivity contribution in [2.45, 2.75) is 46.3 Å². The van der Waals surface area contributed by atoms with Crippen LogP contribution in [-0.4, -0.2) is 12.6 Å². The zero-order chi connectivity index (χ0) is 12.6. The first kappa shape index (κ1) is 12.7. The minimum absolute atomic E-state index is 0.174. The lowest BCUT2D eigenvalue weighted by atomic mass is 9.97. The number of aryl methyl sites for hydroxylation is 1. The second kappa shape index (κ2) is 4.87. The normalized spacial score (nSPS) is 22.4. The maximum atomic E-state index is 6.33. The second-order valence-corrected chi connectivity index (χ2v) is 5.18. The zero-order valence-electron chi connectivity index (χ0n) is 10.9. The van der Waals surface area contributed by atoms with Crippen LogP contribution in [0, 0.1) is 13.8 Å². The Morgan fingerprint density at radius 1 is 1.41 bits per heavy atom. The minimum Gasteiger partial charge on any atom is -0.488 e. The average Bonchev–Trinajstić information content (AvgIpc) is 2.59. The van der Waals surface area contributed by atoms with Crippen LogP contribution in [0.5, 0.6) is 5.75 Å². The van der Waals surface area contributed by atoms with Crippen LogP contribution in [0.2, 0.25) is 5.02 Å². The van der Waals surface area contributed by atoms with Gasteiger partial charge in [-0.25, -0.2) is 0 Å².